The molecule has 1 N–H and O–H groups in total. The van der Waals surface area contributed by atoms with E-state index in [4.69, 9.17) is 0 Å². The zero-order valence-electron chi connectivity index (χ0n) is 11.7. The molecule has 0 amide bonds. The molecule has 0 saturated carbocycles. The van der Waals surface area contributed by atoms with Gasteiger partial charge in [-0.2, -0.15) is 0 Å². The zero-order chi connectivity index (χ0) is 13.5. The lowest BCUT2D eigenvalue weighted by atomic mass is 9.89. The van der Waals surface area contributed by atoms with E-state index in [1.165, 1.54) is 5.57 Å². The molecule has 1 heteroatoms. The Morgan fingerprint density at radius 2 is 1.89 bits per heavy atom. The van der Waals surface area contributed by atoms with Gasteiger partial charge in [-0.3, -0.25) is 0 Å². The third-order valence-corrected chi connectivity index (χ3v) is 3.28. The summed E-state index contributed by atoms with van der Waals surface area (Å²) in [6.07, 6.45) is 3.71. The molecule has 0 aliphatic rings. The van der Waals surface area contributed by atoms with E-state index in [1.807, 2.05) is 37.3 Å². The topological polar surface area (TPSA) is 20.2 Å². The maximum absolute atomic E-state index is 10.3. The van der Waals surface area contributed by atoms with E-state index in [2.05, 4.69) is 26.5 Å². The second-order valence-electron chi connectivity index (χ2n) is 5.12. The van der Waals surface area contributed by atoms with Crippen molar-refractivity contribution in [2.75, 3.05) is 0 Å². The van der Waals surface area contributed by atoms with E-state index in [9.17, 15) is 5.11 Å². The minimum absolute atomic E-state index is 0.0953. The predicted octanol–water partition coefficient (Wildman–Crippen LogP) is 4.66. The molecule has 18 heavy (non-hydrogen) atoms. The van der Waals surface area contributed by atoms with E-state index in [0.717, 1.165) is 24.0 Å². The lowest BCUT2D eigenvalue weighted by Crippen LogP contribution is -2.11. The first-order valence-electron chi connectivity index (χ1n) is 6.56. The molecule has 1 aromatic rings. The van der Waals surface area contributed by atoms with Crippen molar-refractivity contribution in [3.05, 3.63) is 59.7 Å². The summed E-state index contributed by atoms with van der Waals surface area (Å²) in [5.41, 5.74) is 3.41. The number of hydrogen-bond donors (Lipinski definition) is 1. The third-order valence-electron chi connectivity index (χ3n) is 3.28. The van der Waals surface area contributed by atoms with E-state index in [0.29, 0.717) is 0 Å². The highest BCUT2D eigenvalue weighted by molar-refractivity contribution is 5.20. The summed E-state index contributed by atoms with van der Waals surface area (Å²) in [4.78, 5) is 0. The monoisotopic (exact) mass is 244 g/mol. The lowest BCUT2D eigenvalue weighted by Gasteiger charge is -2.21. The SMILES string of the molecule is C=C(CCC=C(C)C)[C@@H](C)[C@H](O)c1ccccc1. The van der Waals surface area contributed by atoms with Crippen molar-refractivity contribution in [1.82, 2.24) is 0 Å². The standard InChI is InChI=1S/C17H24O/c1-13(2)9-8-10-14(3)15(4)17(18)16-11-6-5-7-12-16/h5-7,9,11-12,15,17-18H,3,8,10H2,1-2,4H3/t15-,17+/m1/s1. The summed E-state index contributed by atoms with van der Waals surface area (Å²) in [7, 11) is 0. The average molecular weight is 244 g/mol. The molecule has 0 aliphatic heterocycles. The van der Waals surface area contributed by atoms with Crippen LogP contribution in [0.2, 0.25) is 0 Å². The summed E-state index contributed by atoms with van der Waals surface area (Å²) in [6, 6.07) is 9.80. The highest BCUT2D eigenvalue weighted by atomic mass is 16.3. The van der Waals surface area contributed by atoms with Gasteiger partial charge >= 0.3 is 0 Å². The fourth-order valence-electron chi connectivity index (χ4n) is 1.94. The van der Waals surface area contributed by atoms with Crippen LogP contribution < -0.4 is 0 Å². The molecule has 0 spiro atoms. The van der Waals surface area contributed by atoms with Gasteiger partial charge in [0.05, 0.1) is 6.10 Å². The fourth-order valence-corrected chi connectivity index (χ4v) is 1.94. The molecule has 1 aromatic carbocycles. The predicted molar refractivity (Wildman–Crippen MR) is 78.4 cm³/mol. The second kappa shape index (κ2) is 7.17. The molecule has 2 atom stereocenters. The maximum atomic E-state index is 10.3. The number of hydrogen-bond acceptors (Lipinski definition) is 1. The minimum atomic E-state index is -0.453. The molecule has 0 heterocycles. The normalized spacial score (nSPS) is 13.8. The smallest absolute Gasteiger partial charge is 0.0852 e. The summed E-state index contributed by atoms with van der Waals surface area (Å²) >= 11 is 0. The first kappa shape index (κ1) is 14.7. The quantitative estimate of drug-likeness (QED) is 0.722. The van der Waals surface area contributed by atoms with Crippen LogP contribution >= 0.6 is 0 Å². The first-order chi connectivity index (χ1) is 8.52. The van der Waals surface area contributed by atoms with Gasteiger partial charge in [0.25, 0.3) is 0 Å². The molecule has 1 rings (SSSR count). The summed E-state index contributed by atoms with van der Waals surface area (Å²) in [5.74, 6) is 0.0953. The Labute approximate surface area is 111 Å². The van der Waals surface area contributed by atoms with Crippen LogP contribution in [0.1, 0.15) is 45.3 Å². The summed E-state index contributed by atoms with van der Waals surface area (Å²) in [5, 5.41) is 10.3. The minimum Gasteiger partial charge on any atom is -0.388 e. The van der Waals surface area contributed by atoms with Crippen LogP contribution in [-0.4, -0.2) is 5.11 Å². The number of aliphatic hydroxyl groups excluding tert-OH is 1. The van der Waals surface area contributed by atoms with Gasteiger partial charge in [-0.15, -0.1) is 0 Å². The summed E-state index contributed by atoms with van der Waals surface area (Å²) in [6.45, 7) is 10.4. The van der Waals surface area contributed by atoms with Crippen molar-refractivity contribution < 1.29 is 5.11 Å². The molecular formula is C17H24O. The van der Waals surface area contributed by atoms with E-state index >= 15 is 0 Å². The lowest BCUT2D eigenvalue weighted by molar-refractivity contribution is 0.133. The van der Waals surface area contributed by atoms with Gasteiger partial charge < -0.3 is 5.11 Å². The van der Waals surface area contributed by atoms with Crippen molar-refractivity contribution in [3.8, 4) is 0 Å². The van der Waals surface area contributed by atoms with Crippen LogP contribution in [-0.2, 0) is 0 Å². The molecule has 0 fully saturated rings. The Hall–Kier alpha value is -1.34. The Morgan fingerprint density at radius 1 is 1.28 bits per heavy atom. The van der Waals surface area contributed by atoms with Crippen molar-refractivity contribution in [2.24, 2.45) is 5.92 Å². The Kier molecular flexibility index (Phi) is 5.87. The van der Waals surface area contributed by atoms with Crippen LogP contribution in [0.5, 0.6) is 0 Å². The maximum Gasteiger partial charge on any atom is 0.0852 e. The third kappa shape index (κ3) is 4.50. The van der Waals surface area contributed by atoms with Gasteiger partial charge in [-0.05, 0) is 32.3 Å². The van der Waals surface area contributed by atoms with Gasteiger partial charge in [-0.1, -0.05) is 61.1 Å². The molecule has 0 aliphatic carbocycles. The fraction of sp³-hybridized carbons (Fsp3) is 0.412. The molecule has 1 nitrogen and oxygen atoms in total. The van der Waals surface area contributed by atoms with E-state index in [1.54, 1.807) is 0 Å². The van der Waals surface area contributed by atoms with Gasteiger partial charge in [-0.25, -0.2) is 0 Å². The van der Waals surface area contributed by atoms with Crippen LogP contribution in [0, 0.1) is 5.92 Å². The number of benzene rings is 1. The van der Waals surface area contributed by atoms with Gasteiger partial charge in [0.15, 0.2) is 0 Å². The van der Waals surface area contributed by atoms with Gasteiger partial charge in [0.2, 0.25) is 0 Å². The zero-order valence-corrected chi connectivity index (χ0v) is 11.7. The number of rotatable bonds is 6. The van der Waals surface area contributed by atoms with Crippen LogP contribution in [0.4, 0.5) is 0 Å². The van der Waals surface area contributed by atoms with Crippen molar-refractivity contribution in [1.29, 1.82) is 0 Å². The molecule has 98 valence electrons. The average Bonchev–Trinajstić information content (AvgIpc) is 2.37. The van der Waals surface area contributed by atoms with Crippen molar-refractivity contribution in [2.45, 2.75) is 39.7 Å². The second-order valence-corrected chi connectivity index (χ2v) is 5.12. The molecule has 0 bridgehead atoms. The summed E-state index contributed by atoms with van der Waals surface area (Å²) < 4.78 is 0. The van der Waals surface area contributed by atoms with Gasteiger partial charge in [0, 0.05) is 5.92 Å². The Morgan fingerprint density at radius 3 is 2.44 bits per heavy atom. The van der Waals surface area contributed by atoms with Crippen molar-refractivity contribution in [3.63, 3.8) is 0 Å². The highest BCUT2D eigenvalue weighted by Gasteiger charge is 2.18. The molecule has 0 aromatic heterocycles. The van der Waals surface area contributed by atoms with Crippen LogP contribution in [0.15, 0.2) is 54.1 Å². The Bertz CT molecular complexity index is 399. The highest BCUT2D eigenvalue weighted by Crippen LogP contribution is 2.28. The van der Waals surface area contributed by atoms with Crippen LogP contribution in [0.3, 0.4) is 0 Å². The number of aliphatic hydroxyl groups is 1. The van der Waals surface area contributed by atoms with Crippen LogP contribution in [0.25, 0.3) is 0 Å². The van der Waals surface area contributed by atoms with E-state index in [-0.39, 0.29) is 5.92 Å². The largest absolute Gasteiger partial charge is 0.388 e. The Balaban J connectivity index is 2.56. The molecule has 0 saturated heterocycles. The molecule has 0 unspecified atom stereocenters. The van der Waals surface area contributed by atoms with E-state index < -0.39 is 6.10 Å². The van der Waals surface area contributed by atoms with Crippen molar-refractivity contribution >= 4 is 0 Å². The first-order valence-corrected chi connectivity index (χ1v) is 6.56. The number of allylic oxidation sites excluding steroid dienone is 2. The van der Waals surface area contributed by atoms with Gasteiger partial charge in [0.1, 0.15) is 0 Å². The molecular weight excluding hydrogens is 220 g/mol. The molecule has 0 radical (unpaired) electrons.